The average molecular weight is 266 g/mol. The van der Waals surface area contributed by atoms with Crippen LogP contribution in [0.1, 0.15) is 44.8 Å². The van der Waals surface area contributed by atoms with Crippen LogP contribution in [0.25, 0.3) is 0 Å². The molecule has 1 saturated heterocycles. The summed E-state index contributed by atoms with van der Waals surface area (Å²) in [5.74, 6) is 1.69. The molecule has 1 unspecified atom stereocenters. The number of carbonyl (C=O) groups is 1. The first kappa shape index (κ1) is 14.0. The maximum Gasteiger partial charge on any atom is 0.223 e. The summed E-state index contributed by atoms with van der Waals surface area (Å²) in [6.07, 6.45) is 2.65. The summed E-state index contributed by atoms with van der Waals surface area (Å²) >= 11 is 0. The monoisotopic (exact) mass is 266 g/mol. The second-order valence-electron chi connectivity index (χ2n) is 5.71. The van der Waals surface area contributed by atoms with Crippen LogP contribution in [-0.2, 0) is 10.3 Å². The first-order valence-corrected chi connectivity index (χ1v) is 6.80. The molecule has 1 aromatic rings. The summed E-state index contributed by atoms with van der Waals surface area (Å²) in [6.45, 7) is 7.60. The van der Waals surface area contributed by atoms with E-state index < -0.39 is 5.54 Å². The van der Waals surface area contributed by atoms with Gasteiger partial charge in [0.15, 0.2) is 5.82 Å². The van der Waals surface area contributed by atoms with E-state index >= 15 is 0 Å². The Bertz CT molecular complexity index is 436. The van der Waals surface area contributed by atoms with Crippen molar-refractivity contribution in [3.63, 3.8) is 0 Å². The van der Waals surface area contributed by atoms with Gasteiger partial charge in [-0.25, -0.2) is 0 Å². The van der Waals surface area contributed by atoms with Gasteiger partial charge in [0, 0.05) is 13.3 Å². The zero-order valence-corrected chi connectivity index (χ0v) is 11.8. The normalized spacial score (nSPS) is 19.6. The van der Waals surface area contributed by atoms with Gasteiger partial charge < -0.3 is 15.2 Å². The fraction of sp³-hybridized carbons (Fsp3) is 0.769. The van der Waals surface area contributed by atoms with Crippen LogP contribution in [0.5, 0.6) is 0 Å². The third kappa shape index (κ3) is 3.76. The van der Waals surface area contributed by atoms with E-state index in [-0.39, 0.29) is 5.91 Å². The Morgan fingerprint density at radius 3 is 2.95 bits per heavy atom. The lowest BCUT2D eigenvalue weighted by Crippen LogP contribution is -2.42. The van der Waals surface area contributed by atoms with Crippen LogP contribution in [0.3, 0.4) is 0 Å². The van der Waals surface area contributed by atoms with E-state index in [2.05, 4.69) is 20.8 Å². The molecule has 1 fully saturated rings. The number of amides is 1. The van der Waals surface area contributed by atoms with E-state index in [1.807, 2.05) is 13.8 Å². The average Bonchev–Trinajstić information content (AvgIpc) is 2.96. The van der Waals surface area contributed by atoms with Gasteiger partial charge in [0.2, 0.25) is 11.8 Å². The van der Waals surface area contributed by atoms with Gasteiger partial charge in [0.05, 0.1) is 5.54 Å². The predicted molar refractivity (Wildman–Crippen MR) is 70.4 cm³/mol. The van der Waals surface area contributed by atoms with Crippen molar-refractivity contribution in [3.8, 4) is 0 Å². The van der Waals surface area contributed by atoms with E-state index in [0.29, 0.717) is 24.1 Å². The molecule has 0 bridgehead atoms. The first-order chi connectivity index (χ1) is 8.97. The van der Waals surface area contributed by atoms with E-state index in [9.17, 15) is 4.79 Å². The van der Waals surface area contributed by atoms with Crippen LogP contribution >= 0.6 is 0 Å². The fourth-order valence-corrected chi connectivity index (χ4v) is 2.32. The highest BCUT2D eigenvalue weighted by Gasteiger charge is 2.28. The highest BCUT2D eigenvalue weighted by molar-refractivity contribution is 5.76. The van der Waals surface area contributed by atoms with Gasteiger partial charge in [-0.15, -0.1) is 0 Å². The third-order valence-corrected chi connectivity index (χ3v) is 3.48. The number of hydrogen-bond donors (Lipinski definition) is 2. The lowest BCUT2D eigenvalue weighted by Gasteiger charge is -2.22. The molecule has 1 aromatic heterocycles. The molecule has 1 amide bonds. The highest BCUT2D eigenvalue weighted by Crippen LogP contribution is 2.18. The van der Waals surface area contributed by atoms with Crippen molar-refractivity contribution in [1.29, 1.82) is 0 Å². The summed E-state index contributed by atoms with van der Waals surface area (Å²) in [5, 5.41) is 10.1. The maximum absolute atomic E-state index is 12.0. The topological polar surface area (TPSA) is 80.0 Å². The molecule has 1 aliphatic heterocycles. The Labute approximate surface area is 113 Å². The number of carbonyl (C=O) groups excluding carboxylic acids is 1. The van der Waals surface area contributed by atoms with Gasteiger partial charge in [0.25, 0.3) is 0 Å². The minimum absolute atomic E-state index is 0.0411. The van der Waals surface area contributed by atoms with Gasteiger partial charge in [-0.2, -0.15) is 4.98 Å². The second kappa shape index (κ2) is 5.69. The Morgan fingerprint density at radius 1 is 1.58 bits per heavy atom. The molecule has 0 aromatic carbocycles. The number of nitrogens with zero attached hydrogens (tertiary/aromatic N) is 2. The van der Waals surface area contributed by atoms with Crippen LogP contribution in [0.15, 0.2) is 4.52 Å². The van der Waals surface area contributed by atoms with Gasteiger partial charge in [-0.3, -0.25) is 4.79 Å². The molecule has 0 aliphatic carbocycles. The SMILES string of the molecule is Cc1nc(C(C)(C)NC(=O)CCC2CCNC2)no1. The van der Waals surface area contributed by atoms with Crippen molar-refractivity contribution in [2.75, 3.05) is 13.1 Å². The largest absolute Gasteiger partial charge is 0.344 e. The molecule has 6 nitrogen and oxygen atoms in total. The molecule has 2 N–H and O–H groups in total. The van der Waals surface area contributed by atoms with E-state index in [1.54, 1.807) is 6.92 Å². The highest BCUT2D eigenvalue weighted by atomic mass is 16.5. The molecular formula is C13H22N4O2. The van der Waals surface area contributed by atoms with E-state index in [1.165, 1.54) is 6.42 Å². The maximum atomic E-state index is 12.0. The predicted octanol–water partition coefficient (Wildman–Crippen LogP) is 1.12. The Kier molecular flexibility index (Phi) is 4.19. The van der Waals surface area contributed by atoms with Crippen molar-refractivity contribution < 1.29 is 9.32 Å². The lowest BCUT2D eigenvalue weighted by molar-refractivity contribution is -0.123. The van der Waals surface area contributed by atoms with Crippen LogP contribution < -0.4 is 10.6 Å². The van der Waals surface area contributed by atoms with Crippen LogP contribution in [0, 0.1) is 12.8 Å². The molecule has 1 atom stereocenters. The molecule has 19 heavy (non-hydrogen) atoms. The van der Waals surface area contributed by atoms with Crippen LogP contribution in [0.4, 0.5) is 0 Å². The molecular weight excluding hydrogens is 244 g/mol. The molecule has 6 heteroatoms. The molecule has 0 spiro atoms. The van der Waals surface area contributed by atoms with Crippen LogP contribution in [0.2, 0.25) is 0 Å². The molecule has 0 saturated carbocycles. The molecule has 2 heterocycles. The Balaban J connectivity index is 1.83. The number of nitrogens with one attached hydrogen (secondary N) is 2. The zero-order chi connectivity index (χ0) is 13.9. The smallest absolute Gasteiger partial charge is 0.223 e. The number of hydrogen-bond acceptors (Lipinski definition) is 5. The standard InChI is InChI=1S/C13H22N4O2/c1-9-15-12(17-19-9)13(2,3)16-11(18)5-4-10-6-7-14-8-10/h10,14H,4-8H2,1-3H3,(H,16,18). The minimum atomic E-state index is -0.594. The quantitative estimate of drug-likeness (QED) is 0.834. The Morgan fingerprint density at radius 2 is 2.37 bits per heavy atom. The van der Waals surface area contributed by atoms with Crippen molar-refractivity contribution in [2.24, 2.45) is 5.92 Å². The van der Waals surface area contributed by atoms with E-state index in [4.69, 9.17) is 4.52 Å². The molecule has 1 aliphatic rings. The summed E-state index contributed by atoms with van der Waals surface area (Å²) in [4.78, 5) is 16.1. The second-order valence-corrected chi connectivity index (χ2v) is 5.71. The summed E-state index contributed by atoms with van der Waals surface area (Å²) in [7, 11) is 0. The van der Waals surface area contributed by atoms with E-state index in [0.717, 1.165) is 19.5 Å². The van der Waals surface area contributed by atoms with Gasteiger partial charge in [0.1, 0.15) is 0 Å². The number of aromatic nitrogens is 2. The Hall–Kier alpha value is -1.43. The lowest BCUT2D eigenvalue weighted by atomic mass is 10.0. The molecule has 0 radical (unpaired) electrons. The van der Waals surface area contributed by atoms with Crippen LogP contribution in [-0.4, -0.2) is 29.1 Å². The van der Waals surface area contributed by atoms with Gasteiger partial charge in [-0.05, 0) is 45.7 Å². The molecule has 106 valence electrons. The third-order valence-electron chi connectivity index (χ3n) is 3.48. The van der Waals surface area contributed by atoms with Gasteiger partial charge >= 0.3 is 0 Å². The summed E-state index contributed by atoms with van der Waals surface area (Å²) in [6, 6.07) is 0. The fourth-order valence-electron chi connectivity index (χ4n) is 2.32. The van der Waals surface area contributed by atoms with Crippen molar-refractivity contribution >= 4 is 5.91 Å². The summed E-state index contributed by atoms with van der Waals surface area (Å²) in [5.41, 5.74) is -0.594. The zero-order valence-electron chi connectivity index (χ0n) is 11.8. The first-order valence-electron chi connectivity index (χ1n) is 6.80. The number of rotatable bonds is 5. The van der Waals surface area contributed by atoms with Crippen molar-refractivity contribution in [3.05, 3.63) is 11.7 Å². The minimum Gasteiger partial charge on any atom is -0.344 e. The van der Waals surface area contributed by atoms with Crippen molar-refractivity contribution in [2.45, 2.75) is 45.6 Å². The summed E-state index contributed by atoms with van der Waals surface area (Å²) < 4.78 is 4.95. The number of aryl methyl sites for hydroxylation is 1. The molecule has 2 rings (SSSR count). The van der Waals surface area contributed by atoms with Crippen molar-refractivity contribution in [1.82, 2.24) is 20.8 Å². The van der Waals surface area contributed by atoms with Gasteiger partial charge in [-0.1, -0.05) is 5.16 Å².